The molecule has 0 aliphatic heterocycles. The van der Waals surface area contributed by atoms with Crippen LogP contribution in [0.15, 0.2) is 30.9 Å². The van der Waals surface area contributed by atoms with Crippen LogP contribution in [0.4, 0.5) is 0 Å². The van der Waals surface area contributed by atoms with Crippen molar-refractivity contribution in [1.29, 1.82) is 0 Å². The fourth-order valence-electron chi connectivity index (χ4n) is 1.24. The molecule has 0 aliphatic rings. The van der Waals surface area contributed by atoms with Gasteiger partial charge in [-0.3, -0.25) is 4.79 Å². The molecule has 0 aromatic heterocycles. The second-order valence-electron chi connectivity index (χ2n) is 3.07. The summed E-state index contributed by atoms with van der Waals surface area (Å²) in [5, 5.41) is 0. The summed E-state index contributed by atoms with van der Waals surface area (Å²) in [4.78, 5) is 10.8. The van der Waals surface area contributed by atoms with Gasteiger partial charge in [0.25, 0.3) is 0 Å². The topological polar surface area (TPSA) is 35.5 Å². The van der Waals surface area contributed by atoms with Gasteiger partial charge in [0, 0.05) is 6.92 Å². The maximum atomic E-state index is 10.8. The van der Waals surface area contributed by atoms with Crippen molar-refractivity contribution in [3.63, 3.8) is 0 Å². The molecular weight excluding hydrogens is 192 g/mol. The van der Waals surface area contributed by atoms with Crippen LogP contribution in [0.5, 0.6) is 11.5 Å². The average molecular weight is 206 g/mol. The Balaban J connectivity index is 2.97. The van der Waals surface area contributed by atoms with E-state index in [4.69, 9.17) is 9.47 Å². The van der Waals surface area contributed by atoms with Crippen LogP contribution in [0, 0.1) is 0 Å². The molecular formula is C12H14O3. The lowest BCUT2D eigenvalue weighted by atomic mass is 10.1. The van der Waals surface area contributed by atoms with Crippen molar-refractivity contribution in [2.75, 3.05) is 7.11 Å². The lowest BCUT2D eigenvalue weighted by Gasteiger charge is -2.08. The first-order chi connectivity index (χ1) is 7.17. The minimum Gasteiger partial charge on any atom is -0.493 e. The van der Waals surface area contributed by atoms with Gasteiger partial charge in [-0.2, -0.15) is 0 Å². The molecule has 0 bridgehead atoms. The quantitative estimate of drug-likeness (QED) is 0.431. The van der Waals surface area contributed by atoms with Crippen LogP contribution in [0.1, 0.15) is 12.5 Å². The first kappa shape index (κ1) is 11.3. The zero-order chi connectivity index (χ0) is 11.3. The summed E-state index contributed by atoms with van der Waals surface area (Å²) in [7, 11) is 1.54. The summed E-state index contributed by atoms with van der Waals surface area (Å²) in [6.45, 7) is 5.01. The molecule has 0 radical (unpaired) electrons. The average Bonchev–Trinajstić information content (AvgIpc) is 2.20. The van der Waals surface area contributed by atoms with Crippen molar-refractivity contribution in [2.45, 2.75) is 13.3 Å². The van der Waals surface area contributed by atoms with E-state index in [1.54, 1.807) is 19.3 Å². The summed E-state index contributed by atoms with van der Waals surface area (Å²) in [6, 6.07) is 5.43. The monoisotopic (exact) mass is 206 g/mol. The van der Waals surface area contributed by atoms with Crippen molar-refractivity contribution in [3.05, 3.63) is 36.4 Å². The molecule has 1 aromatic carbocycles. The Hall–Kier alpha value is -1.77. The number of methoxy groups -OCH3 is 1. The smallest absolute Gasteiger partial charge is 0.308 e. The number of benzene rings is 1. The second kappa shape index (κ2) is 5.20. The van der Waals surface area contributed by atoms with E-state index in [1.807, 2.05) is 12.1 Å². The van der Waals surface area contributed by atoms with E-state index in [-0.39, 0.29) is 5.97 Å². The largest absolute Gasteiger partial charge is 0.493 e. The predicted molar refractivity (Wildman–Crippen MR) is 58.2 cm³/mol. The normalized spacial score (nSPS) is 9.47. The van der Waals surface area contributed by atoms with Crippen molar-refractivity contribution < 1.29 is 14.3 Å². The number of allylic oxidation sites excluding steroid dienone is 1. The Kier molecular flexibility index (Phi) is 3.92. The molecule has 0 amide bonds. The standard InChI is InChI=1S/C12H14O3/c1-4-5-10-6-7-11(15-9(2)13)12(8-10)14-3/h4,6-8H,1,5H2,2-3H3. The van der Waals surface area contributed by atoms with Crippen molar-refractivity contribution >= 4 is 5.97 Å². The minimum absolute atomic E-state index is 0.357. The molecule has 1 aromatic rings. The van der Waals surface area contributed by atoms with Crippen molar-refractivity contribution in [2.24, 2.45) is 0 Å². The number of ether oxygens (including phenoxy) is 2. The first-order valence-corrected chi connectivity index (χ1v) is 4.63. The lowest BCUT2D eigenvalue weighted by molar-refractivity contribution is -0.132. The van der Waals surface area contributed by atoms with Gasteiger partial charge in [0.15, 0.2) is 11.5 Å². The zero-order valence-corrected chi connectivity index (χ0v) is 8.95. The van der Waals surface area contributed by atoms with E-state index in [0.717, 1.165) is 12.0 Å². The van der Waals surface area contributed by atoms with Gasteiger partial charge >= 0.3 is 5.97 Å². The zero-order valence-electron chi connectivity index (χ0n) is 8.95. The second-order valence-corrected chi connectivity index (χ2v) is 3.07. The highest BCUT2D eigenvalue weighted by Crippen LogP contribution is 2.28. The third-order valence-corrected chi connectivity index (χ3v) is 1.86. The highest BCUT2D eigenvalue weighted by atomic mass is 16.6. The SMILES string of the molecule is C=CCc1ccc(OC(C)=O)c(OC)c1. The van der Waals surface area contributed by atoms with Gasteiger partial charge in [0.2, 0.25) is 0 Å². The van der Waals surface area contributed by atoms with E-state index < -0.39 is 0 Å². The van der Waals surface area contributed by atoms with Gasteiger partial charge in [0.1, 0.15) is 0 Å². The summed E-state index contributed by atoms with van der Waals surface area (Å²) in [5.74, 6) is 0.645. The molecule has 0 N–H and O–H groups in total. The molecule has 0 saturated heterocycles. The maximum absolute atomic E-state index is 10.8. The Morgan fingerprint density at radius 3 is 2.73 bits per heavy atom. The number of hydrogen-bond donors (Lipinski definition) is 0. The fraction of sp³-hybridized carbons (Fsp3) is 0.250. The van der Waals surface area contributed by atoms with Crippen LogP contribution in [0.25, 0.3) is 0 Å². The first-order valence-electron chi connectivity index (χ1n) is 4.63. The van der Waals surface area contributed by atoms with E-state index >= 15 is 0 Å². The van der Waals surface area contributed by atoms with E-state index in [0.29, 0.717) is 11.5 Å². The lowest BCUT2D eigenvalue weighted by Crippen LogP contribution is -2.03. The van der Waals surface area contributed by atoms with Gasteiger partial charge < -0.3 is 9.47 Å². The Labute approximate surface area is 89.3 Å². The van der Waals surface area contributed by atoms with Crippen LogP contribution in [0.2, 0.25) is 0 Å². The van der Waals surface area contributed by atoms with Crippen LogP contribution in [-0.4, -0.2) is 13.1 Å². The molecule has 0 unspecified atom stereocenters. The number of carbonyl (C=O) groups excluding carboxylic acids is 1. The molecule has 0 fully saturated rings. The maximum Gasteiger partial charge on any atom is 0.308 e. The minimum atomic E-state index is -0.357. The number of esters is 1. The Bertz CT molecular complexity index is 369. The van der Waals surface area contributed by atoms with Gasteiger partial charge in [-0.15, -0.1) is 6.58 Å². The fourth-order valence-corrected chi connectivity index (χ4v) is 1.24. The van der Waals surface area contributed by atoms with Crippen molar-refractivity contribution in [3.8, 4) is 11.5 Å². The van der Waals surface area contributed by atoms with Gasteiger partial charge in [0.05, 0.1) is 7.11 Å². The predicted octanol–water partition coefficient (Wildman–Crippen LogP) is 2.35. The molecule has 0 atom stereocenters. The van der Waals surface area contributed by atoms with Gasteiger partial charge in [-0.05, 0) is 24.1 Å². The summed E-state index contributed by atoms with van der Waals surface area (Å²) in [5.41, 5.74) is 1.07. The number of rotatable bonds is 4. The third kappa shape index (κ3) is 3.13. The molecule has 0 saturated carbocycles. The molecule has 3 nitrogen and oxygen atoms in total. The Morgan fingerprint density at radius 1 is 1.47 bits per heavy atom. The summed E-state index contributed by atoms with van der Waals surface area (Å²) >= 11 is 0. The molecule has 0 heterocycles. The van der Waals surface area contributed by atoms with Gasteiger partial charge in [-0.25, -0.2) is 0 Å². The summed E-state index contributed by atoms with van der Waals surface area (Å²) < 4.78 is 10.1. The molecule has 80 valence electrons. The molecule has 3 heteroatoms. The van der Waals surface area contributed by atoms with Crippen LogP contribution in [-0.2, 0) is 11.2 Å². The van der Waals surface area contributed by atoms with Crippen molar-refractivity contribution in [1.82, 2.24) is 0 Å². The molecule has 0 spiro atoms. The van der Waals surface area contributed by atoms with Gasteiger partial charge in [-0.1, -0.05) is 12.1 Å². The number of carbonyl (C=O) groups is 1. The highest BCUT2D eigenvalue weighted by Gasteiger charge is 2.07. The van der Waals surface area contributed by atoms with Crippen LogP contribution >= 0.6 is 0 Å². The molecule has 15 heavy (non-hydrogen) atoms. The van der Waals surface area contributed by atoms with E-state index in [2.05, 4.69) is 6.58 Å². The van der Waals surface area contributed by atoms with Crippen LogP contribution < -0.4 is 9.47 Å². The van der Waals surface area contributed by atoms with Crippen LogP contribution in [0.3, 0.4) is 0 Å². The number of hydrogen-bond acceptors (Lipinski definition) is 3. The highest BCUT2D eigenvalue weighted by molar-refractivity contribution is 5.70. The summed E-state index contributed by atoms with van der Waals surface area (Å²) in [6.07, 6.45) is 2.57. The Morgan fingerprint density at radius 2 is 2.20 bits per heavy atom. The molecule has 1 rings (SSSR count). The van der Waals surface area contributed by atoms with E-state index in [1.165, 1.54) is 6.92 Å². The third-order valence-electron chi connectivity index (χ3n) is 1.86. The van der Waals surface area contributed by atoms with E-state index in [9.17, 15) is 4.79 Å². The molecule has 0 aliphatic carbocycles.